The maximum atomic E-state index is 13.2. The fourth-order valence-electron chi connectivity index (χ4n) is 3.52. The molecule has 6 nitrogen and oxygen atoms in total. The van der Waals surface area contributed by atoms with Gasteiger partial charge < -0.3 is 14.8 Å². The normalized spacial score (nSPS) is 10.7. The van der Waals surface area contributed by atoms with Gasteiger partial charge in [-0.1, -0.05) is 30.3 Å². The number of fused-ring (bicyclic) bond motifs is 1. The Bertz CT molecular complexity index is 1340. The van der Waals surface area contributed by atoms with Crippen molar-refractivity contribution < 1.29 is 14.3 Å². The highest BCUT2D eigenvalue weighted by molar-refractivity contribution is 7.80. The molecule has 4 aromatic rings. The summed E-state index contributed by atoms with van der Waals surface area (Å²) in [4.78, 5) is 18.0. The highest BCUT2D eigenvalue weighted by Crippen LogP contribution is 2.27. The van der Waals surface area contributed by atoms with E-state index in [1.54, 1.807) is 13.2 Å². The first-order valence-electron chi connectivity index (χ1n) is 10.9. The lowest BCUT2D eigenvalue weighted by molar-refractivity contribution is 0.0979. The van der Waals surface area contributed by atoms with E-state index >= 15 is 0 Å². The van der Waals surface area contributed by atoms with Crippen molar-refractivity contribution in [3.8, 4) is 22.8 Å². The first-order valence-corrected chi connectivity index (χ1v) is 11.3. The van der Waals surface area contributed by atoms with Gasteiger partial charge in [0.05, 0.1) is 30.0 Å². The van der Waals surface area contributed by atoms with Crippen molar-refractivity contribution in [2.45, 2.75) is 20.0 Å². The molecule has 0 radical (unpaired) electrons. The number of pyridine rings is 1. The van der Waals surface area contributed by atoms with Gasteiger partial charge in [0.2, 0.25) is 0 Å². The van der Waals surface area contributed by atoms with Crippen LogP contribution in [-0.2, 0) is 0 Å². The number of anilines is 1. The summed E-state index contributed by atoms with van der Waals surface area (Å²) in [5.74, 6) is 1.16. The van der Waals surface area contributed by atoms with E-state index in [-0.39, 0.29) is 17.1 Å². The zero-order valence-electron chi connectivity index (χ0n) is 19.2. The van der Waals surface area contributed by atoms with Gasteiger partial charge in [-0.2, -0.15) is 0 Å². The Morgan fingerprint density at radius 3 is 2.44 bits per heavy atom. The molecule has 0 aliphatic carbocycles. The number of rotatable bonds is 6. The lowest BCUT2D eigenvalue weighted by Crippen LogP contribution is -2.34. The third-order valence-corrected chi connectivity index (χ3v) is 5.24. The number of hydrogen-bond donors (Lipinski definition) is 2. The Morgan fingerprint density at radius 1 is 0.941 bits per heavy atom. The third-order valence-electron chi connectivity index (χ3n) is 5.04. The molecule has 3 aromatic carbocycles. The van der Waals surface area contributed by atoms with Gasteiger partial charge in [0.15, 0.2) is 5.11 Å². The molecular formula is C27H25N3O3S. The summed E-state index contributed by atoms with van der Waals surface area (Å²) in [6.45, 7) is 3.96. The number of carbonyl (C=O) groups excluding carboxylic acids is 1. The number of hydrogen-bond acceptors (Lipinski definition) is 5. The minimum absolute atomic E-state index is 0.0559. The number of amides is 1. The van der Waals surface area contributed by atoms with Gasteiger partial charge in [-0.05, 0) is 74.6 Å². The van der Waals surface area contributed by atoms with Crippen LogP contribution in [0, 0.1) is 0 Å². The fourth-order valence-corrected chi connectivity index (χ4v) is 3.73. The number of thiocarbonyl (C=S) groups is 1. The molecule has 34 heavy (non-hydrogen) atoms. The number of nitrogens with zero attached hydrogens (tertiary/aromatic N) is 1. The average molecular weight is 472 g/mol. The largest absolute Gasteiger partial charge is 0.497 e. The third kappa shape index (κ3) is 5.50. The second-order valence-corrected chi connectivity index (χ2v) is 8.31. The van der Waals surface area contributed by atoms with Crippen molar-refractivity contribution in [2.75, 3.05) is 12.4 Å². The van der Waals surface area contributed by atoms with Crippen molar-refractivity contribution in [3.63, 3.8) is 0 Å². The standard InChI is InChI=1S/C27H25N3O3S/c1-17(2)33-21-8-6-7-18(15-21)25-16-23(22-9-4-5-10-24(22)29-25)26(31)30-27(34)28-19-11-13-20(32-3)14-12-19/h4-17H,1-3H3,(H2,28,30,31,34). The van der Waals surface area contributed by atoms with Crippen LogP contribution in [0.15, 0.2) is 78.9 Å². The number of aromatic nitrogens is 1. The minimum Gasteiger partial charge on any atom is -0.497 e. The van der Waals surface area contributed by atoms with Gasteiger partial charge in [-0.15, -0.1) is 0 Å². The Hall–Kier alpha value is -3.97. The molecule has 0 aliphatic heterocycles. The van der Waals surface area contributed by atoms with Crippen LogP contribution in [0.3, 0.4) is 0 Å². The van der Waals surface area contributed by atoms with Gasteiger partial charge in [0.25, 0.3) is 5.91 Å². The lowest BCUT2D eigenvalue weighted by atomic mass is 10.0. The van der Waals surface area contributed by atoms with Gasteiger partial charge in [-0.3, -0.25) is 10.1 Å². The highest BCUT2D eigenvalue weighted by Gasteiger charge is 2.16. The summed E-state index contributed by atoms with van der Waals surface area (Å²) in [6.07, 6.45) is 0.0559. The molecule has 0 fully saturated rings. The fraction of sp³-hybridized carbons (Fsp3) is 0.148. The molecule has 0 unspecified atom stereocenters. The molecule has 4 rings (SSSR count). The molecular weight excluding hydrogens is 446 g/mol. The minimum atomic E-state index is -0.319. The topological polar surface area (TPSA) is 72.5 Å². The van der Waals surface area contributed by atoms with Crippen LogP contribution in [0.5, 0.6) is 11.5 Å². The second-order valence-electron chi connectivity index (χ2n) is 7.90. The summed E-state index contributed by atoms with van der Waals surface area (Å²) in [7, 11) is 1.61. The molecule has 0 aliphatic rings. The zero-order valence-corrected chi connectivity index (χ0v) is 20.0. The van der Waals surface area contributed by atoms with Gasteiger partial charge in [0.1, 0.15) is 11.5 Å². The quantitative estimate of drug-likeness (QED) is 0.345. The van der Waals surface area contributed by atoms with Gasteiger partial charge in [-0.25, -0.2) is 4.98 Å². The van der Waals surface area contributed by atoms with Crippen LogP contribution in [0.4, 0.5) is 5.69 Å². The summed E-state index contributed by atoms with van der Waals surface area (Å²) < 4.78 is 11.0. The molecule has 1 heterocycles. The molecule has 0 spiro atoms. The molecule has 1 amide bonds. The van der Waals surface area contributed by atoms with Crippen molar-refractivity contribution >= 4 is 39.8 Å². The molecule has 0 atom stereocenters. The average Bonchev–Trinajstić information content (AvgIpc) is 2.83. The van der Waals surface area contributed by atoms with E-state index in [0.29, 0.717) is 11.3 Å². The number of methoxy groups -OCH3 is 1. The highest BCUT2D eigenvalue weighted by atomic mass is 32.1. The van der Waals surface area contributed by atoms with Crippen LogP contribution >= 0.6 is 12.2 Å². The van der Waals surface area contributed by atoms with E-state index in [1.165, 1.54) is 0 Å². The van der Waals surface area contributed by atoms with Crippen LogP contribution < -0.4 is 20.1 Å². The number of benzene rings is 3. The second kappa shape index (κ2) is 10.3. The summed E-state index contributed by atoms with van der Waals surface area (Å²) >= 11 is 5.37. The predicted molar refractivity (Wildman–Crippen MR) is 140 cm³/mol. The van der Waals surface area contributed by atoms with E-state index in [0.717, 1.165) is 33.7 Å². The lowest BCUT2D eigenvalue weighted by Gasteiger charge is -2.14. The van der Waals surface area contributed by atoms with Crippen molar-refractivity contribution in [2.24, 2.45) is 0 Å². The number of ether oxygens (including phenoxy) is 2. The van der Waals surface area contributed by atoms with Crippen molar-refractivity contribution in [1.29, 1.82) is 0 Å². The van der Waals surface area contributed by atoms with Gasteiger partial charge >= 0.3 is 0 Å². The first-order chi connectivity index (χ1) is 16.4. The monoisotopic (exact) mass is 471 g/mol. The number of carbonyl (C=O) groups is 1. The molecule has 0 saturated heterocycles. The first kappa shape index (κ1) is 23.2. The summed E-state index contributed by atoms with van der Waals surface area (Å²) in [6, 6.07) is 24.3. The van der Waals surface area contributed by atoms with E-state index in [9.17, 15) is 4.79 Å². The Balaban J connectivity index is 1.62. The maximum Gasteiger partial charge on any atom is 0.258 e. The Labute approximate surface area is 203 Å². The van der Waals surface area contributed by atoms with E-state index < -0.39 is 0 Å². The van der Waals surface area contributed by atoms with Crippen molar-refractivity contribution in [1.82, 2.24) is 10.3 Å². The Kier molecular flexibility index (Phi) is 7.04. The molecule has 1 aromatic heterocycles. The van der Waals surface area contributed by atoms with Crippen molar-refractivity contribution in [3.05, 3.63) is 84.4 Å². The molecule has 2 N–H and O–H groups in total. The van der Waals surface area contributed by atoms with E-state index in [2.05, 4.69) is 10.6 Å². The smallest absolute Gasteiger partial charge is 0.258 e. The SMILES string of the molecule is COc1ccc(NC(=S)NC(=O)c2cc(-c3cccc(OC(C)C)c3)nc3ccccc23)cc1. The van der Waals surface area contributed by atoms with Crippen LogP contribution in [0.25, 0.3) is 22.2 Å². The maximum absolute atomic E-state index is 13.2. The predicted octanol–water partition coefficient (Wildman–Crippen LogP) is 5.82. The molecule has 0 saturated carbocycles. The van der Waals surface area contributed by atoms with E-state index in [1.807, 2.05) is 86.6 Å². The van der Waals surface area contributed by atoms with E-state index in [4.69, 9.17) is 26.7 Å². The molecule has 172 valence electrons. The zero-order chi connectivity index (χ0) is 24.1. The van der Waals surface area contributed by atoms with Gasteiger partial charge in [0, 0.05) is 16.6 Å². The van der Waals surface area contributed by atoms with Crippen LogP contribution in [0.1, 0.15) is 24.2 Å². The summed E-state index contributed by atoms with van der Waals surface area (Å²) in [5.41, 5.74) is 3.47. The number of para-hydroxylation sites is 1. The van der Waals surface area contributed by atoms with Crippen LogP contribution in [-0.4, -0.2) is 29.2 Å². The van der Waals surface area contributed by atoms with Crippen LogP contribution in [0.2, 0.25) is 0 Å². The summed E-state index contributed by atoms with van der Waals surface area (Å²) in [5, 5.41) is 6.75. The Morgan fingerprint density at radius 2 is 1.71 bits per heavy atom. The molecule has 7 heteroatoms. The molecule has 0 bridgehead atoms. The number of nitrogens with one attached hydrogen (secondary N) is 2.